The molecule has 1 aliphatic carbocycles. The van der Waals surface area contributed by atoms with Crippen LogP contribution in [-0.4, -0.2) is 32.0 Å². The lowest BCUT2D eigenvalue weighted by Gasteiger charge is -2.43. The van der Waals surface area contributed by atoms with Crippen LogP contribution < -0.4 is 5.73 Å². The summed E-state index contributed by atoms with van der Waals surface area (Å²) in [6, 6.07) is 0.203. The molecule has 0 aromatic heterocycles. The monoisotopic (exact) mass is 213 g/mol. The predicted octanol–water partition coefficient (Wildman–Crippen LogP) is 1.70. The van der Waals surface area contributed by atoms with Gasteiger partial charge in [-0.3, -0.25) is 0 Å². The molecule has 2 rings (SSSR count). The molecule has 0 aromatic carbocycles. The van der Waals surface area contributed by atoms with Gasteiger partial charge in [-0.05, 0) is 18.8 Å². The Morgan fingerprint density at radius 1 is 1.27 bits per heavy atom. The predicted molar refractivity (Wildman–Crippen MR) is 59.7 cm³/mol. The highest BCUT2D eigenvalue weighted by atomic mass is 16.5. The lowest BCUT2D eigenvalue weighted by Crippen LogP contribution is -2.55. The highest BCUT2D eigenvalue weighted by Gasteiger charge is 2.42. The van der Waals surface area contributed by atoms with E-state index in [-0.39, 0.29) is 11.6 Å². The number of ether oxygens (including phenoxy) is 2. The average molecular weight is 213 g/mol. The van der Waals surface area contributed by atoms with Gasteiger partial charge in [0.15, 0.2) is 0 Å². The SMILES string of the molecule is COC1(C(N)C2CCCC2)CCOCC1. The van der Waals surface area contributed by atoms with Crippen molar-refractivity contribution in [3.63, 3.8) is 0 Å². The van der Waals surface area contributed by atoms with Gasteiger partial charge in [0.1, 0.15) is 0 Å². The summed E-state index contributed by atoms with van der Waals surface area (Å²) in [6.45, 7) is 1.60. The van der Waals surface area contributed by atoms with Gasteiger partial charge in [0.2, 0.25) is 0 Å². The van der Waals surface area contributed by atoms with Crippen LogP contribution in [0.1, 0.15) is 38.5 Å². The van der Waals surface area contributed by atoms with Gasteiger partial charge in [0.05, 0.1) is 5.60 Å². The van der Waals surface area contributed by atoms with Gasteiger partial charge in [-0.25, -0.2) is 0 Å². The Balaban J connectivity index is 2.02. The van der Waals surface area contributed by atoms with Gasteiger partial charge in [-0.15, -0.1) is 0 Å². The minimum Gasteiger partial charge on any atom is -0.381 e. The van der Waals surface area contributed by atoms with Crippen LogP contribution in [0.3, 0.4) is 0 Å². The van der Waals surface area contributed by atoms with Gasteiger partial charge < -0.3 is 15.2 Å². The van der Waals surface area contributed by atoms with E-state index in [1.165, 1.54) is 25.7 Å². The van der Waals surface area contributed by atoms with Gasteiger partial charge in [-0.1, -0.05) is 12.8 Å². The fourth-order valence-electron chi connectivity index (χ4n) is 3.14. The minimum absolute atomic E-state index is 0.104. The minimum atomic E-state index is -0.104. The van der Waals surface area contributed by atoms with Crippen LogP contribution in [0, 0.1) is 5.92 Å². The molecule has 1 saturated heterocycles. The zero-order chi connectivity index (χ0) is 10.7. The molecular weight excluding hydrogens is 190 g/mol. The van der Waals surface area contributed by atoms with Crippen LogP contribution in [0.2, 0.25) is 0 Å². The number of methoxy groups -OCH3 is 1. The quantitative estimate of drug-likeness (QED) is 0.776. The van der Waals surface area contributed by atoms with Crippen LogP contribution in [0.25, 0.3) is 0 Å². The number of nitrogens with two attached hydrogens (primary N) is 1. The summed E-state index contributed by atoms with van der Waals surface area (Å²) in [5, 5.41) is 0. The first-order chi connectivity index (χ1) is 7.28. The van der Waals surface area contributed by atoms with E-state index in [9.17, 15) is 0 Å². The first-order valence-corrected chi connectivity index (χ1v) is 6.17. The van der Waals surface area contributed by atoms with Crippen molar-refractivity contribution >= 4 is 0 Å². The third-order valence-electron chi connectivity index (χ3n) is 4.26. The van der Waals surface area contributed by atoms with Crippen LogP contribution in [0.15, 0.2) is 0 Å². The largest absolute Gasteiger partial charge is 0.381 e. The number of hydrogen-bond acceptors (Lipinski definition) is 3. The van der Waals surface area contributed by atoms with Crippen molar-refractivity contribution in [3.05, 3.63) is 0 Å². The molecule has 0 amide bonds. The molecule has 0 aromatic rings. The highest BCUT2D eigenvalue weighted by molar-refractivity contribution is 4.97. The Kier molecular flexibility index (Phi) is 3.65. The Morgan fingerprint density at radius 3 is 2.40 bits per heavy atom. The van der Waals surface area contributed by atoms with E-state index in [2.05, 4.69) is 0 Å². The van der Waals surface area contributed by atoms with Gasteiger partial charge in [0, 0.05) is 39.2 Å². The zero-order valence-corrected chi connectivity index (χ0v) is 9.71. The van der Waals surface area contributed by atoms with Crippen LogP contribution >= 0.6 is 0 Å². The third kappa shape index (κ3) is 2.19. The van der Waals surface area contributed by atoms with Gasteiger partial charge in [-0.2, -0.15) is 0 Å². The van der Waals surface area contributed by atoms with Crippen molar-refractivity contribution in [1.29, 1.82) is 0 Å². The molecule has 1 heterocycles. The Morgan fingerprint density at radius 2 is 1.87 bits per heavy atom. The summed E-state index contributed by atoms with van der Waals surface area (Å²) < 4.78 is 11.2. The summed E-state index contributed by atoms with van der Waals surface area (Å²) in [7, 11) is 1.81. The summed E-state index contributed by atoms with van der Waals surface area (Å²) in [4.78, 5) is 0. The van der Waals surface area contributed by atoms with Crippen molar-refractivity contribution in [1.82, 2.24) is 0 Å². The first-order valence-electron chi connectivity index (χ1n) is 6.17. The summed E-state index contributed by atoms with van der Waals surface area (Å²) in [6.07, 6.45) is 7.17. The first kappa shape index (κ1) is 11.4. The second kappa shape index (κ2) is 4.81. The lowest BCUT2D eigenvalue weighted by atomic mass is 9.79. The van der Waals surface area contributed by atoms with Crippen LogP contribution in [0.5, 0.6) is 0 Å². The lowest BCUT2D eigenvalue weighted by molar-refractivity contribution is -0.112. The molecular formula is C12H23NO2. The van der Waals surface area contributed by atoms with Crippen molar-refractivity contribution in [2.24, 2.45) is 11.7 Å². The van der Waals surface area contributed by atoms with Crippen LogP contribution in [0.4, 0.5) is 0 Å². The Hall–Kier alpha value is -0.120. The van der Waals surface area contributed by atoms with Crippen molar-refractivity contribution in [2.75, 3.05) is 20.3 Å². The van der Waals surface area contributed by atoms with Crippen molar-refractivity contribution < 1.29 is 9.47 Å². The highest BCUT2D eigenvalue weighted by Crippen LogP contribution is 2.37. The standard InChI is InChI=1S/C12H23NO2/c1-14-12(6-8-15-9-7-12)11(13)10-4-2-3-5-10/h10-11H,2-9,13H2,1H3. The second-order valence-corrected chi connectivity index (χ2v) is 4.95. The van der Waals surface area contributed by atoms with Crippen molar-refractivity contribution in [2.45, 2.75) is 50.2 Å². The molecule has 88 valence electrons. The Labute approximate surface area is 92.3 Å². The maximum atomic E-state index is 6.42. The summed E-state index contributed by atoms with van der Waals surface area (Å²) in [5.41, 5.74) is 6.31. The molecule has 0 spiro atoms. The smallest absolute Gasteiger partial charge is 0.0875 e. The third-order valence-corrected chi connectivity index (χ3v) is 4.26. The fraction of sp³-hybridized carbons (Fsp3) is 1.00. The zero-order valence-electron chi connectivity index (χ0n) is 9.71. The molecule has 0 bridgehead atoms. The molecule has 1 aliphatic heterocycles. The van der Waals surface area contributed by atoms with E-state index in [4.69, 9.17) is 15.2 Å². The molecule has 2 aliphatic rings. The van der Waals surface area contributed by atoms with E-state index in [1.807, 2.05) is 0 Å². The Bertz CT molecular complexity index is 196. The number of hydrogen-bond donors (Lipinski definition) is 1. The molecule has 2 fully saturated rings. The normalized spacial score (nSPS) is 29.2. The molecule has 1 unspecified atom stereocenters. The fourth-order valence-corrected chi connectivity index (χ4v) is 3.14. The molecule has 0 radical (unpaired) electrons. The second-order valence-electron chi connectivity index (χ2n) is 4.95. The van der Waals surface area contributed by atoms with E-state index in [1.54, 1.807) is 7.11 Å². The summed E-state index contributed by atoms with van der Waals surface area (Å²) in [5.74, 6) is 0.669. The van der Waals surface area contributed by atoms with Crippen LogP contribution in [-0.2, 0) is 9.47 Å². The molecule has 2 N–H and O–H groups in total. The number of rotatable bonds is 3. The van der Waals surface area contributed by atoms with E-state index in [0.29, 0.717) is 5.92 Å². The average Bonchev–Trinajstić information content (AvgIpc) is 2.82. The molecule has 1 saturated carbocycles. The maximum Gasteiger partial charge on any atom is 0.0875 e. The maximum absolute atomic E-state index is 6.42. The van der Waals surface area contributed by atoms with Gasteiger partial charge >= 0.3 is 0 Å². The summed E-state index contributed by atoms with van der Waals surface area (Å²) >= 11 is 0. The van der Waals surface area contributed by atoms with Gasteiger partial charge in [0.25, 0.3) is 0 Å². The topological polar surface area (TPSA) is 44.5 Å². The van der Waals surface area contributed by atoms with E-state index in [0.717, 1.165) is 26.1 Å². The molecule has 15 heavy (non-hydrogen) atoms. The molecule has 3 heteroatoms. The molecule has 1 atom stereocenters. The van der Waals surface area contributed by atoms with Crippen molar-refractivity contribution in [3.8, 4) is 0 Å². The molecule has 3 nitrogen and oxygen atoms in total. The van der Waals surface area contributed by atoms with E-state index < -0.39 is 0 Å². The van der Waals surface area contributed by atoms with E-state index >= 15 is 0 Å².